The summed E-state index contributed by atoms with van der Waals surface area (Å²) in [7, 11) is 1.69. The van der Waals surface area contributed by atoms with Gasteiger partial charge in [0.15, 0.2) is 5.78 Å². The highest BCUT2D eigenvalue weighted by atomic mass is 16.5. The fourth-order valence-electron chi connectivity index (χ4n) is 2.97. The van der Waals surface area contributed by atoms with Gasteiger partial charge in [-0.2, -0.15) is 0 Å². The molecule has 21 heavy (non-hydrogen) atoms. The molecule has 108 valence electrons. The average molecular weight is 281 g/mol. The van der Waals surface area contributed by atoms with E-state index >= 15 is 0 Å². The van der Waals surface area contributed by atoms with Gasteiger partial charge in [0.05, 0.1) is 12.6 Å². The summed E-state index contributed by atoms with van der Waals surface area (Å²) in [6.07, 6.45) is 1.06. The zero-order valence-corrected chi connectivity index (χ0v) is 12.6. The van der Waals surface area contributed by atoms with Crippen LogP contribution in [0.3, 0.4) is 0 Å². The first-order valence-electron chi connectivity index (χ1n) is 7.27. The topological polar surface area (TPSA) is 31.2 Å². The first-order valence-corrected chi connectivity index (χ1v) is 7.27. The summed E-state index contributed by atoms with van der Waals surface area (Å²) < 4.78 is 7.83. The molecular formula is C18H19NO2. The Morgan fingerprint density at radius 3 is 2.67 bits per heavy atom. The molecule has 0 aliphatic rings. The molecule has 1 aromatic heterocycles. The molecule has 0 bridgehead atoms. The molecule has 1 heterocycles. The number of ether oxygens (including phenoxy) is 1. The van der Waals surface area contributed by atoms with E-state index in [9.17, 15) is 4.79 Å². The van der Waals surface area contributed by atoms with Crippen molar-refractivity contribution in [2.75, 3.05) is 7.11 Å². The van der Waals surface area contributed by atoms with Crippen LogP contribution in [0.4, 0.5) is 0 Å². The van der Waals surface area contributed by atoms with Gasteiger partial charge in [-0.15, -0.1) is 0 Å². The monoisotopic (exact) mass is 281 g/mol. The Hall–Kier alpha value is -2.29. The van der Waals surface area contributed by atoms with Gasteiger partial charge in [0.1, 0.15) is 5.75 Å². The number of aromatic nitrogens is 1. The maximum Gasteiger partial charge on any atom is 0.159 e. The van der Waals surface area contributed by atoms with Gasteiger partial charge in [0, 0.05) is 28.4 Å². The smallest absolute Gasteiger partial charge is 0.159 e. The number of benzene rings is 2. The lowest BCUT2D eigenvalue weighted by atomic mass is 10.1. The SMILES string of the molecule is CCCn1c2ccc(C(C)=O)cc2c2c(OC)cccc21. The van der Waals surface area contributed by atoms with Crippen LogP contribution in [0, 0.1) is 0 Å². The molecule has 2 aromatic carbocycles. The number of nitrogens with zero attached hydrogens (tertiary/aromatic N) is 1. The minimum Gasteiger partial charge on any atom is -0.496 e. The molecule has 0 radical (unpaired) electrons. The standard InChI is InChI=1S/C18H19NO2/c1-4-10-19-15-9-8-13(12(2)20)11-14(15)18-16(19)6-5-7-17(18)21-3/h5-9,11H,4,10H2,1-3H3. The zero-order chi connectivity index (χ0) is 15.0. The van der Waals surface area contributed by atoms with Gasteiger partial charge in [-0.3, -0.25) is 4.79 Å². The molecule has 3 aromatic rings. The lowest BCUT2D eigenvalue weighted by molar-refractivity contribution is 0.101. The van der Waals surface area contributed by atoms with Crippen LogP contribution in [-0.2, 0) is 6.54 Å². The van der Waals surface area contributed by atoms with Crippen molar-refractivity contribution in [2.45, 2.75) is 26.8 Å². The number of aryl methyl sites for hydroxylation is 1. The van der Waals surface area contributed by atoms with E-state index in [4.69, 9.17) is 4.74 Å². The van der Waals surface area contributed by atoms with E-state index in [1.165, 1.54) is 0 Å². The number of hydrogen-bond donors (Lipinski definition) is 0. The summed E-state index contributed by atoms with van der Waals surface area (Å²) in [4.78, 5) is 11.7. The van der Waals surface area contributed by atoms with Crippen molar-refractivity contribution in [2.24, 2.45) is 0 Å². The van der Waals surface area contributed by atoms with Gasteiger partial charge < -0.3 is 9.30 Å². The number of rotatable bonds is 4. The Labute approximate surface area is 124 Å². The maximum absolute atomic E-state index is 11.7. The van der Waals surface area contributed by atoms with E-state index in [0.29, 0.717) is 0 Å². The number of hydrogen-bond acceptors (Lipinski definition) is 2. The van der Waals surface area contributed by atoms with Gasteiger partial charge in [-0.1, -0.05) is 13.0 Å². The Morgan fingerprint density at radius 1 is 1.19 bits per heavy atom. The minimum absolute atomic E-state index is 0.0863. The Kier molecular flexibility index (Phi) is 3.42. The van der Waals surface area contributed by atoms with Crippen LogP contribution in [0.2, 0.25) is 0 Å². The normalized spacial score (nSPS) is 11.2. The lowest BCUT2D eigenvalue weighted by Gasteiger charge is -2.06. The van der Waals surface area contributed by atoms with Crippen LogP contribution in [-0.4, -0.2) is 17.5 Å². The van der Waals surface area contributed by atoms with Crippen molar-refractivity contribution in [1.82, 2.24) is 4.57 Å². The van der Waals surface area contributed by atoms with Crippen LogP contribution in [0.25, 0.3) is 21.8 Å². The van der Waals surface area contributed by atoms with Crippen LogP contribution < -0.4 is 4.74 Å². The van der Waals surface area contributed by atoms with E-state index in [0.717, 1.165) is 46.1 Å². The van der Waals surface area contributed by atoms with Crippen molar-refractivity contribution >= 4 is 27.6 Å². The van der Waals surface area contributed by atoms with Crippen molar-refractivity contribution in [3.63, 3.8) is 0 Å². The van der Waals surface area contributed by atoms with Crippen molar-refractivity contribution in [3.8, 4) is 5.75 Å². The molecule has 0 N–H and O–H groups in total. The summed E-state index contributed by atoms with van der Waals surface area (Å²) >= 11 is 0. The number of carbonyl (C=O) groups excluding carboxylic acids is 1. The van der Waals surface area contributed by atoms with Gasteiger partial charge in [0.25, 0.3) is 0 Å². The lowest BCUT2D eigenvalue weighted by Crippen LogP contribution is -1.96. The molecule has 0 fully saturated rings. The molecule has 0 amide bonds. The second kappa shape index (κ2) is 5.24. The van der Waals surface area contributed by atoms with E-state index in [2.05, 4.69) is 17.6 Å². The highest BCUT2D eigenvalue weighted by Gasteiger charge is 2.15. The Morgan fingerprint density at radius 2 is 2.00 bits per heavy atom. The van der Waals surface area contributed by atoms with Crippen LogP contribution in [0.1, 0.15) is 30.6 Å². The summed E-state index contributed by atoms with van der Waals surface area (Å²) in [5.41, 5.74) is 3.05. The van der Waals surface area contributed by atoms with Gasteiger partial charge in [0.2, 0.25) is 0 Å². The summed E-state index contributed by atoms with van der Waals surface area (Å²) in [5.74, 6) is 0.941. The third-order valence-electron chi connectivity index (χ3n) is 3.93. The first-order chi connectivity index (χ1) is 10.2. The second-order valence-electron chi connectivity index (χ2n) is 5.29. The number of carbonyl (C=O) groups is 1. The van der Waals surface area contributed by atoms with Crippen LogP contribution in [0.15, 0.2) is 36.4 Å². The molecule has 0 saturated heterocycles. The van der Waals surface area contributed by atoms with E-state index in [1.807, 2.05) is 30.3 Å². The predicted molar refractivity (Wildman–Crippen MR) is 86.3 cm³/mol. The summed E-state index contributed by atoms with van der Waals surface area (Å²) in [6, 6.07) is 12.0. The van der Waals surface area contributed by atoms with Crippen molar-refractivity contribution in [3.05, 3.63) is 42.0 Å². The molecule has 3 heteroatoms. The van der Waals surface area contributed by atoms with Gasteiger partial charge >= 0.3 is 0 Å². The molecular weight excluding hydrogens is 262 g/mol. The number of Topliss-reactive ketones (excluding diaryl/α,β-unsaturated/α-hetero) is 1. The van der Waals surface area contributed by atoms with Crippen molar-refractivity contribution < 1.29 is 9.53 Å². The number of fused-ring (bicyclic) bond motifs is 3. The fraction of sp³-hybridized carbons (Fsp3) is 0.278. The quantitative estimate of drug-likeness (QED) is 0.663. The fourth-order valence-corrected chi connectivity index (χ4v) is 2.97. The van der Waals surface area contributed by atoms with E-state index in [-0.39, 0.29) is 5.78 Å². The third kappa shape index (κ3) is 2.09. The maximum atomic E-state index is 11.7. The molecule has 0 saturated carbocycles. The number of methoxy groups -OCH3 is 1. The molecule has 0 aliphatic carbocycles. The molecule has 3 rings (SSSR count). The molecule has 0 aliphatic heterocycles. The van der Waals surface area contributed by atoms with Gasteiger partial charge in [-0.25, -0.2) is 0 Å². The highest BCUT2D eigenvalue weighted by molar-refractivity contribution is 6.13. The Balaban J connectivity index is 2.46. The number of ketones is 1. The summed E-state index contributed by atoms with van der Waals surface area (Å²) in [6.45, 7) is 4.72. The second-order valence-corrected chi connectivity index (χ2v) is 5.29. The summed E-state index contributed by atoms with van der Waals surface area (Å²) in [5, 5.41) is 2.18. The predicted octanol–water partition coefficient (Wildman–Crippen LogP) is 4.42. The molecule has 3 nitrogen and oxygen atoms in total. The molecule has 0 unspecified atom stereocenters. The zero-order valence-electron chi connectivity index (χ0n) is 12.6. The van der Waals surface area contributed by atoms with E-state index < -0.39 is 0 Å². The van der Waals surface area contributed by atoms with Crippen molar-refractivity contribution in [1.29, 1.82) is 0 Å². The minimum atomic E-state index is 0.0863. The highest BCUT2D eigenvalue weighted by Crippen LogP contribution is 2.36. The van der Waals surface area contributed by atoms with Crippen LogP contribution in [0.5, 0.6) is 5.75 Å². The van der Waals surface area contributed by atoms with Crippen LogP contribution >= 0.6 is 0 Å². The Bertz CT molecular complexity index is 830. The first kappa shape index (κ1) is 13.7. The largest absolute Gasteiger partial charge is 0.496 e. The third-order valence-corrected chi connectivity index (χ3v) is 3.93. The molecule has 0 atom stereocenters. The average Bonchev–Trinajstić information content (AvgIpc) is 2.81. The molecule has 0 spiro atoms. The van der Waals surface area contributed by atoms with E-state index in [1.54, 1.807) is 14.0 Å². The van der Waals surface area contributed by atoms with Gasteiger partial charge in [-0.05, 0) is 43.7 Å².